The number of carbonyl (C=O) groups is 2. The molecule has 0 atom stereocenters. The Balaban J connectivity index is 1.71. The standard InChI is InChI=1S/C25H18FIN2O3S/c1-32-22-13-15(12-21(27)18(22)14-16-7-5-6-10-20(16)26)11-19-23(30)28-25(33)29(24(19)31)17-8-3-2-4-9-17/h2-13H,14H2,1H3,(H,28,30,33)/b19-11-. The van der Waals surface area contributed by atoms with Crippen LogP contribution < -0.4 is 15.0 Å². The lowest BCUT2D eigenvalue weighted by Gasteiger charge is -2.28. The predicted octanol–water partition coefficient (Wildman–Crippen LogP) is 4.86. The maximum Gasteiger partial charge on any atom is 0.270 e. The minimum atomic E-state index is -0.568. The van der Waals surface area contributed by atoms with Gasteiger partial charge in [0.25, 0.3) is 11.8 Å². The molecule has 1 saturated heterocycles. The first kappa shape index (κ1) is 23.1. The average molecular weight is 572 g/mol. The summed E-state index contributed by atoms with van der Waals surface area (Å²) >= 11 is 7.37. The summed E-state index contributed by atoms with van der Waals surface area (Å²) < 4.78 is 20.6. The Hall–Kier alpha value is -3.11. The third kappa shape index (κ3) is 4.81. The predicted molar refractivity (Wildman–Crippen MR) is 138 cm³/mol. The van der Waals surface area contributed by atoms with Crippen molar-refractivity contribution in [1.82, 2.24) is 5.32 Å². The molecule has 0 aliphatic carbocycles. The fraction of sp³-hybridized carbons (Fsp3) is 0.0800. The van der Waals surface area contributed by atoms with Gasteiger partial charge in [0.15, 0.2) is 5.11 Å². The Morgan fingerprint density at radius 1 is 1.09 bits per heavy atom. The van der Waals surface area contributed by atoms with Gasteiger partial charge in [-0.25, -0.2) is 4.39 Å². The highest BCUT2D eigenvalue weighted by Gasteiger charge is 2.34. The lowest BCUT2D eigenvalue weighted by molar-refractivity contribution is -0.122. The van der Waals surface area contributed by atoms with Gasteiger partial charge in [0, 0.05) is 15.6 Å². The van der Waals surface area contributed by atoms with E-state index in [1.54, 1.807) is 48.5 Å². The first-order valence-corrected chi connectivity index (χ1v) is 11.4. The Bertz CT molecular complexity index is 1290. The van der Waals surface area contributed by atoms with Crippen molar-refractivity contribution >= 4 is 63.5 Å². The zero-order valence-electron chi connectivity index (χ0n) is 17.5. The van der Waals surface area contributed by atoms with Crippen LogP contribution in [0.3, 0.4) is 0 Å². The number of nitrogens with zero attached hydrogens (tertiary/aromatic N) is 1. The number of hydrogen-bond acceptors (Lipinski definition) is 4. The molecule has 1 heterocycles. The minimum absolute atomic E-state index is 0.0285. The molecule has 2 amide bonds. The highest BCUT2D eigenvalue weighted by molar-refractivity contribution is 14.1. The first-order valence-electron chi connectivity index (χ1n) is 9.95. The van der Waals surface area contributed by atoms with Gasteiger partial charge >= 0.3 is 0 Å². The van der Waals surface area contributed by atoms with E-state index in [2.05, 4.69) is 27.9 Å². The summed E-state index contributed by atoms with van der Waals surface area (Å²) in [7, 11) is 1.53. The number of nitrogens with one attached hydrogen (secondary N) is 1. The molecule has 1 aliphatic heterocycles. The van der Waals surface area contributed by atoms with Gasteiger partial charge in [0.1, 0.15) is 17.1 Å². The van der Waals surface area contributed by atoms with E-state index in [1.165, 1.54) is 24.2 Å². The van der Waals surface area contributed by atoms with Crippen LogP contribution >= 0.6 is 34.8 Å². The van der Waals surface area contributed by atoms with Crippen molar-refractivity contribution in [1.29, 1.82) is 0 Å². The second-order valence-electron chi connectivity index (χ2n) is 7.25. The van der Waals surface area contributed by atoms with Gasteiger partial charge in [-0.1, -0.05) is 36.4 Å². The van der Waals surface area contributed by atoms with Gasteiger partial charge in [-0.3, -0.25) is 19.8 Å². The lowest BCUT2D eigenvalue weighted by Crippen LogP contribution is -2.54. The van der Waals surface area contributed by atoms with E-state index in [0.29, 0.717) is 29.0 Å². The zero-order chi connectivity index (χ0) is 23.5. The molecule has 0 saturated carbocycles. The van der Waals surface area contributed by atoms with Crippen molar-refractivity contribution in [2.75, 3.05) is 12.0 Å². The van der Waals surface area contributed by atoms with Crippen LogP contribution in [0.1, 0.15) is 16.7 Å². The van der Waals surface area contributed by atoms with E-state index < -0.39 is 11.8 Å². The van der Waals surface area contributed by atoms with Crippen LogP contribution in [0, 0.1) is 9.39 Å². The molecule has 8 heteroatoms. The second kappa shape index (κ2) is 9.80. The monoisotopic (exact) mass is 572 g/mol. The van der Waals surface area contributed by atoms with Gasteiger partial charge in [-0.15, -0.1) is 0 Å². The number of amides is 2. The van der Waals surface area contributed by atoms with Gasteiger partial charge in [-0.05, 0) is 82.3 Å². The molecule has 4 rings (SSSR count). The van der Waals surface area contributed by atoms with Gasteiger partial charge in [-0.2, -0.15) is 0 Å². The van der Waals surface area contributed by atoms with Crippen molar-refractivity contribution in [3.05, 3.63) is 98.4 Å². The number of benzene rings is 3. The molecule has 3 aromatic carbocycles. The molecule has 0 radical (unpaired) electrons. The number of halogens is 2. The maximum atomic E-state index is 14.2. The molecule has 1 aliphatic rings. The SMILES string of the molecule is COc1cc(/C=C2/C(=O)NC(=S)N(c3ccccc3)C2=O)cc(I)c1Cc1ccccc1F. The molecule has 166 valence electrons. The quantitative estimate of drug-likeness (QED) is 0.206. The van der Waals surface area contributed by atoms with Crippen LogP contribution in [0.5, 0.6) is 5.75 Å². The first-order chi connectivity index (χ1) is 15.9. The van der Waals surface area contributed by atoms with Crippen LogP contribution in [0.2, 0.25) is 0 Å². The summed E-state index contributed by atoms with van der Waals surface area (Å²) in [6.07, 6.45) is 1.85. The van der Waals surface area contributed by atoms with E-state index in [9.17, 15) is 14.0 Å². The molecule has 1 N–H and O–H groups in total. The summed E-state index contributed by atoms with van der Waals surface area (Å²) in [5, 5.41) is 2.61. The molecule has 0 bridgehead atoms. The summed E-state index contributed by atoms with van der Waals surface area (Å²) in [6, 6.07) is 19.0. The van der Waals surface area contributed by atoms with Crippen LogP contribution in [0.25, 0.3) is 6.08 Å². The van der Waals surface area contributed by atoms with E-state index in [0.717, 1.165) is 9.13 Å². The smallest absolute Gasteiger partial charge is 0.270 e. The molecule has 33 heavy (non-hydrogen) atoms. The summed E-state index contributed by atoms with van der Waals surface area (Å²) in [6.45, 7) is 0. The molecule has 0 spiro atoms. The molecule has 1 fully saturated rings. The number of thiocarbonyl (C=S) groups is 1. The normalized spacial score (nSPS) is 15.1. The number of ether oxygens (including phenoxy) is 1. The van der Waals surface area contributed by atoms with Crippen LogP contribution in [0.4, 0.5) is 10.1 Å². The average Bonchev–Trinajstić information content (AvgIpc) is 2.80. The number of rotatable bonds is 5. The van der Waals surface area contributed by atoms with E-state index in [-0.39, 0.29) is 16.5 Å². The fourth-order valence-electron chi connectivity index (χ4n) is 3.54. The van der Waals surface area contributed by atoms with E-state index in [1.807, 2.05) is 12.1 Å². The van der Waals surface area contributed by atoms with Crippen molar-refractivity contribution in [3.8, 4) is 5.75 Å². The number of para-hydroxylation sites is 1. The summed E-state index contributed by atoms with van der Waals surface area (Å²) in [4.78, 5) is 27.1. The molecule has 5 nitrogen and oxygen atoms in total. The molecular formula is C25H18FIN2O3S. The Kier molecular flexibility index (Phi) is 6.85. The van der Waals surface area contributed by atoms with Crippen LogP contribution in [-0.4, -0.2) is 24.0 Å². The number of hydrogen-bond donors (Lipinski definition) is 1. The zero-order valence-corrected chi connectivity index (χ0v) is 20.4. The second-order valence-corrected chi connectivity index (χ2v) is 8.79. The highest BCUT2D eigenvalue weighted by atomic mass is 127. The number of carbonyl (C=O) groups excluding carboxylic acids is 2. The van der Waals surface area contributed by atoms with Gasteiger partial charge < -0.3 is 4.74 Å². The highest BCUT2D eigenvalue weighted by Crippen LogP contribution is 2.31. The summed E-state index contributed by atoms with van der Waals surface area (Å²) in [5.41, 5.74) is 2.48. The Morgan fingerprint density at radius 2 is 1.79 bits per heavy atom. The third-order valence-corrected chi connectivity index (χ3v) is 6.40. The topological polar surface area (TPSA) is 58.6 Å². The van der Waals surface area contributed by atoms with E-state index >= 15 is 0 Å². The third-order valence-electron chi connectivity index (χ3n) is 5.15. The van der Waals surface area contributed by atoms with Gasteiger partial charge in [0.2, 0.25) is 0 Å². The number of methoxy groups -OCH3 is 1. The molecular weight excluding hydrogens is 554 g/mol. The molecule has 3 aromatic rings. The van der Waals surface area contributed by atoms with Crippen molar-refractivity contribution < 1.29 is 18.7 Å². The molecule has 0 aromatic heterocycles. The Morgan fingerprint density at radius 3 is 2.48 bits per heavy atom. The molecule has 0 unspecified atom stereocenters. The lowest BCUT2D eigenvalue weighted by atomic mass is 10.00. The van der Waals surface area contributed by atoms with Crippen LogP contribution in [0.15, 0.2) is 72.3 Å². The number of anilines is 1. The van der Waals surface area contributed by atoms with E-state index in [4.69, 9.17) is 17.0 Å². The summed E-state index contributed by atoms with van der Waals surface area (Å²) in [5.74, 6) is -0.833. The van der Waals surface area contributed by atoms with Gasteiger partial charge in [0.05, 0.1) is 12.8 Å². The van der Waals surface area contributed by atoms with Crippen molar-refractivity contribution in [3.63, 3.8) is 0 Å². The van der Waals surface area contributed by atoms with Crippen molar-refractivity contribution in [2.45, 2.75) is 6.42 Å². The van der Waals surface area contributed by atoms with Crippen molar-refractivity contribution in [2.24, 2.45) is 0 Å². The largest absolute Gasteiger partial charge is 0.496 e. The minimum Gasteiger partial charge on any atom is -0.496 e. The maximum absolute atomic E-state index is 14.2. The van der Waals surface area contributed by atoms with Crippen LogP contribution in [-0.2, 0) is 16.0 Å². The fourth-order valence-corrected chi connectivity index (χ4v) is 4.63. The Labute approximate surface area is 209 Å².